The Hall–Kier alpha value is -0.870. The molecule has 0 aromatic carbocycles. The van der Waals surface area contributed by atoms with E-state index in [1.165, 1.54) is 0 Å². The Kier molecular flexibility index (Phi) is 12.2. The molecule has 4 heteroatoms. The zero-order valence-electron chi connectivity index (χ0n) is 14.6. The predicted octanol–water partition coefficient (Wildman–Crippen LogP) is 3.60. The third-order valence-corrected chi connectivity index (χ3v) is 4.24. The summed E-state index contributed by atoms with van der Waals surface area (Å²) in [6.07, 6.45) is 9.39. The second-order valence-electron chi connectivity index (χ2n) is 6.46. The number of aliphatic carboxylic acids is 1. The molecule has 0 aliphatic carbocycles. The summed E-state index contributed by atoms with van der Waals surface area (Å²) in [5.41, 5.74) is 0. The molecule has 0 amide bonds. The minimum absolute atomic E-state index is 0.129. The van der Waals surface area contributed by atoms with Crippen LogP contribution >= 0.6 is 0 Å². The highest BCUT2D eigenvalue weighted by Crippen LogP contribution is 2.16. The summed E-state index contributed by atoms with van der Waals surface area (Å²) in [6, 6.07) is 0. The fourth-order valence-corrected chi connectivity index (χ4v) is 3.00. The maximum atomic E-state index is 11.3. The number of hydrogen-bond donors (Lipinski definition) is 2. The Morgan fingerprint density at radius 1 is 1.14 bits per heavy atom. The van der Waals surface area contributed by atoms with E-state index in [2.05, 4.69) is 20.4 Å². The molecule has 130 valence electrons. The maximum absolute atomic E-state index is 11.3. The Morgan fingerprint density at radius 3 is 2.18 bits per heavy atom. The standard InChI is InChI=1S/C18H35NO3/c1-4-7-10-11-12-17(20)15-19(13-8-5-2,14-9-6-3)16-18(21)22/h4,17,20H,1,5-16H2,2-3H3/p+1. The van der Waals surface area contributed by atoms with Gasteiger partial charge in [0.05, 0.1) is 13.1 Å². The van der Waals surface area contributed by atoms with Gasteiger partial charge in [-0.05, 0) is 32.1 Å². The Labute approximate surface area is 136 Å². The van der Waals surface area contributed by atoms with Crippen LogP contribution in [0.2, 0.25) is 0 Å². The van der Waals surface area contributed by atoms with Gasteiger partial charge in [0.1, 0.15) is 12.6 Å². The van der Waals surface area contributed by atoms with Crippen LogP contribution in [-0.4, -0.2) is 52.9 Å². The van der Waals surface area contributed by atoms with E-state index in [-0.39, 0.29) is 6.54 Å². The quantitative estimate of drug-likeness (QED) is 0.276. The molecule has 0 saturated carbocycles. The highest BCUT2D eigenvalue weighted by Gasteiger charge is 2.32. The summed E-state index contributed by atoms with van der Waals surface area (Å²) < 4.78 is 0.527. The fraction of sp³-hybridized carbons (Fsp3) is 0.833. The SMILES string of the molecule is C=CCCCCC(O)C[N+](CCCC)(CCCC)CC(=O)O. The third kappa shape index (κ3) is 9.96. The summed E-state index contributed by atoms with van der Waals surface area (Å²) in [7, 11) is 0. The molecule has 0 spiro atoms. The van der Waals surface area contributed by atoms with E-state index in [4.69, 9.17) is 0 Å². The van der Waals surface area contributed by atoms with E-state index in [9.17, 15) is 15.0 Å². The number of carboxylic acids is 1. The Balaban J connectivity index is 4.68. The fourth-order valence-electron chi connectivity index (χ4n) is 3.00. The molecule has 1 unspecified atom stereocenters. The number of carboxylic acid groups (broad SMARTS) is 1. The van der Waals surface area contributed by atoms with Crippen molar-refractivity contribution in [1.82, 2.24) is 0 Å². The Bertz CT molecular complexity index is 297. The van der Waals surface area contributed by atoms with Crippen molar-refractivity contribution >= 4 is 5.97 Å². The first-order chi connectivity index (χ1) is 10.5. The molecule has 0 heterocycles. The van der Waals surface area contributed by atoms with Gasteiger partial charge in [-0.1, -0.05) is 39.2 Å². The molecule has 0 aliphatic rings. The van der Waals surface area contributed by atoms with E-state index in [1.807, 2.05) is 6.08 Å². The number of rotatable bonds is 15. The molecule has 0 rings (SSSR count). The lowest BCUT2D eigenvalue weighted by molar-refractivity contribution is -0.924. The van der Waals surface area contributed by atoms with E-state index in [0.717, 1.165) is 64.5 Å². The van der Waals surface area contributed by atoms with Crippen LogP contribution in [-0.2, 0) is 4.79 Å². The van der Waals surface area contributed by atoms with Crippen molar-refractivity contribution in [3.05, 3.63) is 12.7 Å². The number of allylic oxidation sites excluding steroid dienone is 1. The molecule has 22 heavy (non-hydrogen) atoms. The van der Waals surface area contributed by atoms with Crippen LogP contribution in [0.3, 0.4) is 0 Å². The normalized spacial score (nSPS) is 13.0. The largest absolute Gasteiger partial charge is 0.477 e. The summed E-state index contributed by atoms with van der Waals surface area (Å²) in [4.78, 5) is 11.3. The van der Waals surface area contributed by atoms with Crippen molar-refractivity contribution in [1.29, 1.82) is 0 Å². The van der Waals surface area contributed by atoms with Gasteiger partial charge in [0, 0.05) is 0 Å². The first-order valence-corrected chi connectivity index (χ1v) is 8.85. The van der Waals surface area contributed by atoms with Crippen LogP contribution in [0.5, 0.6) is 0 Å². The summed E-state index contributed by atoms with van der Waals surface area (Å²) in [5.74, 6) is -0.758. The van der Waals surface area contributed by atoms with Crippen molar-refractivity contribution in [2.24, 2.45) is 0 Å². The van der Waals surface area contributed by atoms with E-state index in [0.29, 0.717) is 11.0 Å². The maximum Gasteiger partial charge on any atom is 0.359 e. The van der Waals surface area contributed by atoms with Crippen LogP contribution in [0.25, 0.3) is 0 Å². The number of hydrogen-bond acceptors (Lipinski definition) is 2. The van der Waals surface area contributed by atoms with Crippen LogP contribution < -0.4 is 0 Å². The van der Waals surface area contributed by atoms with Gasteiger partial charge < -0.3 is 14.7 Å². The number of nitrogens with zero attached hydrogens (tertiary/aromatic N) is 1. The Morgan fingerprint density at radius 2 is 1.73 bits per heavy atom. The summed E-state index contributed by atoms with van der Waals surface area (Å²) in [5, 5.41) is 19.7. The van der Waals surface area contributed by atoms with Crippen LogP contribution in [0.1, 0.15) is 65.2 Å². The number of quaternary nitrogens is 1. The number of aliphatic hydroxyl groups is 1. The molecule has 0 aromatic heterocycles. The molecule has 4 nitrogen and oxygen atoms in total. The second kappa shape index (κ2) is 12.7. The molecule has 0 radical (unpaired) electrons. The van der Waals surface area contributed by atoms with Gasteiger partial charge in [0.25, 0.3) is 0 Å². The first kappa shape index (κ1) is 21.1. The minimum atomic E-state index is -0.758. The lowest BCUT2D eigenvalue weighted by Gasteiger charge is -2.39. The number of aliphatic hydroxyl groups excluding tert-OH is 1. The van der Waals surface area contributed by atoms with Gasteiger partial charge in [-0.3, -0.25) is 0 Å². The summed E-state index contributed by atoms with van der Waals surface area (Å²) in [6.45, 7) is 10.4. The molecule has 0 fully saturated rings. The summed E-state index contributed by atoms with van der Waals surface area (Å²) >= 11 is 0. The average molecular weight is 314 g/mol. The van der Waals surface area contributed by atoms with Gasteiger partial charge in [0.15, 0.2) is 6.54 Å². The smallest absolute Gasteiger partial charge is 0.359 e. The van der Waals surface area contributed by atoms with Crippen molar-refractivity contribution in [2.75, 3.05) is 26.2 Å². The van der Waals surface area contributed by atoms with Gasteiger partial charge >= 0.3 is 5.97 Å². The molecular formula is C18H36NO3+. The van der Waals surface area contributed by atoms with Gasteiger partial charge in [-0.25, -0.2) is 4.79 Å². The predicted molar refractivity (Wildman–Crippen MR) is 91.9 cm³/mol. The molecule has 2 N–H and O–H groups in total. The van der Waals surface area contributed by atoms with Crippen molar-refractivity contribution in [3.63, 3.8) is 0 Å². The van der Waals surface area contributed by atoms with Crippen molar-refractivity contribution in [2.45, 2.75) is 71.3 Å². The second-order valence-corrected chi connectivity index (χ2v) is 6.46. The third-order valence-electron chi connectivity index (χ3n) is 4.24. The lowest BCUT2D eigenvalue weighted by Crippen LogP contribution is -2.56. The average Bonchev–Trinajstić information content (AvgIpc) is 2.47. The van der Waals surface area contributed by atoms with Gasteiger partial charge in [-0.15, -0.1) is 6.58 Å². The van der Waals surface area contributed by atoms with Gasteiger partial charge in [-0.2, -0.15) is 0 Å². The molecule has 0 aromatic rings. The van der Waals surface area contributed by atoms with Crippen molar-refractivity contribution < 1.29 is 19.5 Å². The molecule has 1 atom stereocenters. The van der Waals surface area contributed by atoms with E-state index in [1.54, 1.807) is 0 Å². The zero-order valence-corrected chi connectivity index (χ0v) is 14.6. The highest BCUT2D eigenvalue weighted by atomic mass is 16.4. The topological polar surface area (TPSA) is 57.5 Å². The van der Waals surface area contributed by atoms with Crippen LogP contribution in [0.15, 0.2) is 12.7 Å². The van der Waals surface area contributed by atoms with E-state index < -0.39 is 12.1 Å². The molecule has 0 aliphatic heterocycles. The number of carbonyl (C=O) groups is 1. The molecule has 0 bridgehead atoms. The highest BCUT2D eigenvalue weighted by molar-refractivity contribution is 5.67. The number of unbranched alkanes of at least 4 members (excludes halogenated alkanes) is 4. The van der Waals surface area contributed by atoms with Crippen LogP contribution in [0.4, 0.5) is 0 Å². The first-order valence-electron chi connectivity index (χ1n) is 8.85. The van der Waals surface area contributed by atoms with E-state index >= 15 is 0 Å². The van der Waals surface area contributed by atoms with Gasteiger partial charge in [0.2, 0.25) is 0 Å². The molecule has 0 saturated heterocycles. The van der Waals surface area contributed by atoms with Crippen LogP contribution in [0, 0.1) is 0 Å². The molecular weight excluding hydrogens is 278 g/mol. The minimum Gasteiger partial charge on any atom is -0.477 e. The lowest BCUT2D eigenvalue weighted by atomic mass is 10.1. The van der Waals surface area contributed by atoms with Crippen molar-refractivity contribution in [3.8, 4) is 0 Å². The monoisotopic (exact) mass is 314 g/mol. The zero-order chi connectivity index (χ0) is 16.8.